The van der Waals surface area contributed by atoms with E-state index in [1.807, 2.05) is 13.8 Å². The van der Waals surface area contributed by atoms with Gasteiger partial charge in [-0.25, -0.2) is 9.50 Å². The summed E-state index contributed by atoms with van der Waals surface area (Å²) < 4.78 is 41.8. The number of nitrogens with zero attached hydrogens (tertiary/aromatic N) is 2. The van der Waals surface area contributed by atoms with Gasteiger partial charge in [0, 0.05) is 23.8 Å². The van der Waals surface area contributed by atoms with E-state index in [-0.39, 0.29) is 29.2 Å². The minimum atomic E-state index is -4.65. The van der Waals surface area contributed by atoms with Gasteiger partial charge in [0.1, 0.15) is 5.69 Å². The first kappa shape index (κ1) is 18.7. The Labute approximate surface area is 158 Å². The van der Waals surface area contributed by atoms with E-state index < -0.39 is 17.4 Å². The van der Waals surface area contributed by atoms with Crippen LogP contribution >= 0.6 is 0 Å². The van der Waals surface area contributed by atoms with E-state index in [1.165, 1.54) is 6.07 Å². The van der Waals surface area contributed by atoms with Crippen molar-refractivity contribution in [2.24, 2.45) is 5.92 Å². The van der Waals surface area contributed by atoms with E-state index in [1.54, 1.807) is 30.3 Å². The molecule has 0 saturated carbocycles. The van der Waals surface area contributed by atoms with Crippen LogP contribution in [0.3, 0.4) is 0 Å². The van der Waals surface area contributed by atoms with Gasteiger partial charge in [-0.2, -0.15) is 13.2 Å². The molecule has 1 aromatic carbocycles. The summed E-state index contributed by atoms with van der Waals surface area (Å²) in [6.07, 6.45) is -4.16. The van der Waals surface area contributed by atoms with Crippen LogP contribution in [-0.2, 0) is 12.6 Å². The molecule has 1 aliphatic rings. The monoisotopic (exact) mass is 391 g/mol. The maximum Gasteiger partial charge on any atom is 0.433 e. The lowest BCUT2D eigenvalue weighted by Crippen LogP contribution is -2.30. The number of alkyl halides is 3. The highest BCUT2D eigenvalue weighted by molar-refractivity contribution is 5.80. The maximum absolute atomic E-state index is 13.6. The van der Waals surface area contributed by atoms with Crippen LogP contribution in [0.25, 0.3) is 16.8 Å². The molecule has 2 aromatic heterocycles. The largest absolute Gasteiger partial charge is 0.433 e. The number of nitrogens with one attached hydrogen (secondary N) is 3. The van der Waals surface area contributed by atoms with Gasteiger partial charge in [-0.1, -0.05) is 30.3 Å². The summed E-state index contributed by atoms with van der Waals surface area (Å²) in [6, 6.07) is 9.79. The third kappa shape index (κ3) is 3.20. The van der Waals surface area contributed by atoms with E-state index in [2.05, 4.69) is 20.9 Å². The minimum absolute atomic E-state index is 0.0137. The number of hydrogen-bond donors (Lipinski definition) is 3. The second-order valence-electron chi connectivity index (χ2n) is 7.20. The van der Waals surface area contributed by atoms with Crippen LogP contribution in [0, 0.1) is 5.92 Å². The minimum Gasteiger partial charge on any atom is -0.284 e. The molecule has 6 nitrogen and oxygen atoms in total. The number of benzene rings is 1. The van der Waals surface area contributed by atoms with Gasteiger partial charge in [0.2, 0.25) is 0 Å². The lowest BCUT2D eigenvalue weighted by atomic mass is 9.91. The molecule has 1 fully saturated rings. The predicted molar refractivity (Wildman–Crippen MR) is 98.6 cm³/mol. The highest BCUT2D eigenvalue weighted by atomic mass is 19.4. The Kier molecular flexibility index (Phi) is 4.51. The topological polar surface area (TPSA) is 74.2 Å². The average molecular weight is 391 g/mol. The number of rotatable bonds is 3. The molecule has 3 aromatic rings. The molecule has 1 aliphatic heterocycles. The van der Waals surface area contributed by atoms with Crippen molar-refractivity contribution in [2.75, 3.05) is 0 Å². The summed E-state index contributed by atoms with van der Waals surface area (Å²) in [5.74, 6) is 0.163. The number of aromatic amines is 1. The lowest BCUT2D eigenvalue weighted by Gasteiger charge is -2.17. The summed E-state index contributed by atoms with van der Waals surface area (Å²) in [4.78, 5) is 17.0. The highest BCUT2D eigenvalue weighted by Crippen LogP contribution is 2.38. The molecule has 9 heteroatoms. The van der Waals surface area contributed by atoms with Crippen LogP contribution in [0.2, 0.25) is 0 Å². The van der Waals surface area contributed by atoms with E-state index in [0.717, 1.165) is 4.52 Å². The van der Waals surface area contributed by atoms with Crippen LogP contribution in [0.1, 0.15) is 25.2 Å². The number of H-pyrrole nitrogens is 1. The van der Waals surface area contributed by atoms with Crippen molar-refractivity contribution in [3.05, 3.63) is 58.1 Å². The molecule has 1 saturated heterocycles. The summed E-state index contributed by atoms with van der Waals surface area (Å²) in [7, 11) is 0. The number of hydrazine groups is 1. The summed E-state index contributed by atoms with van der Waals surface area (Å²) in [6.45, 7) is 4.03. The van der Waals surface area contributed by atoms with E-state index in [0.29, 0.717) is 17.7 Å². The lowest BCUT2D eigenvalue weighted by molar-refractivity contribution is -0.140. The zero-order valence-electron chi connectivity index (χ0n) is 15.3. The van der Waals surface area contributed by atoms with Crippen LogP contribution < -0.4 is 16.4 Å². The van der Waals surface area contributed by atoms with E-state index >= 15 is 0 Å². The predicted octanol–water partition coefficient (Wildman–Crippen LogP) is 2.75. The fraction of sp³-hybridized carbons (Fsp3) is 0.368. The first-order valence-electron chi connectivity index (χ1n) is 9.04. The normalized spacial score (nSPS) is 22.8. The molecule has 2 unspecified atom stereocenters. The van der Waals surface area contributed by atoms with Gasteiger partial charge in [0.15, 0.2) is 5.65 Å². The van der Waals surface area contributed by atoms with Gasteiger partial charge in [-0.3, -0.25) is 20.7 Å². The van der Waals surface area contributed by atoms with Crippen molar-refractivity contribution in [3.8, 4) is 11.1 Å². The van der Waals surface area contributed by atoms with E-state index in [9.17, 15) is 18.0 Å². The average Bonchev–Trinajstić information content (AvgIpc) is 3.18. The number of fused-ring (bicyclic) bond motifs is 1. The molecule has 2 atom stereocenters. The molecule has 3 heterocycles. The highest BCUT2D eigenvalue weighted by Gasteiger charge is 2.38. The summed E-state index contributed by atoms with van der Waals surface area (Å²) in [5.41, 5.74) is 5.43. The third-order valence-corrected chi connectivity index (χ3v) is 5.28. The Morgan fingerprint density at radius 2 is 1.75 bits per heavy atom. The van der Waals surface area contributed by atoms with Crippen LogP contribution in [0.4, 0.5) is 13.2 Å². The smallest absolute Gasteiger partial charge is 0.284 e. The second-order valence-corrected chi connectivity index (χ2v) is 7.20. The van der Waals surface area contributed by atoms with Gasteiger partial charge in [0.25, 0.3) is 5.56 Å². The third-order valence-electron chi connectivity index (χ3n) is 5.28. The van der Waals surface area contributed by atoms with Crippen molar-refractivity contribution in [3.63, 3.8) is 0 Å². The Morgan fingerprint density at radius 3 is 2.36 bits per heavy atom. The van der Waals surface area contributed by atoms with Gasteiger partial charge in [-0.15, -0.1) is 0 Å². The standard InChI is InChI=1S/C19H20F3N5O/c1-10-14(11(2)25-24-10)8-13-9-15(28)27-18(23-13)16(12-6-4-3-5-7-12)17(26-27)19(20,21)22/h3-7,9-11,14,24-26H,8H2,1-2H3. The molecular formula is C19H20F3N5O. The number of hydrogen-bond acceptors (Lipinski definition) is 4. The Morgan fingerprint density at radius 1 is 1.11 bits per heavy atom. The van der Waals surface area contributed by atoms with Crippen molar-refractivity contribution < 1.29 is 13.2 Å². The van der Waals surface area contributed by atoms with Gasteiger partial charge < -0.3 is 0 Å². The first-order valence-corrected chi connectivity index (χ1v) is 9.04. The molecule has 4 rings (SSSR count). The zero-order chi connectivity index (χ0) is 20.1. The van der Waals surface area contributed by atoms with Crippen LogP contribution in [0.5, 0.6) is 0 Å². The molecule has 0 bridgehead atoms. The van der Waals surface area contributed by atoms with Crippen molar-refractivity contribution in [1.29, 1.82) is 0 Å². The molecule has 0 radical (unpaired) electrons. The molecule has 0 spiro atoms. The summed E-state index contributed by atoms with van der Waals surface area (Å²) in [5, 5.41) is 2.20. The Hall–Kier alpha value is -2.65. The van der Waals surface area contributed by atoms with Crippen molar-refractivity contribution in [1.82, 2.24) is 25.4 Å². The van der Waals surface area contributed by atoms with Crippen LogP contribution in [0.15, 0.2) is 41.2 Å². The van der Waals surface area contributed by atoms with E-state index in [4.69, 9.17) is 0 Å². The first-order chi connectivity index (χ1) is 13.3. The van der Waals surface area contributed by atoms with Gasteiger partial charge in [0.05, 0.1) is 5.56 Å². The van der Waals surface area contributed by atoms with Crippen molar-refractivity contribution in [2.45, 2.75) is 38.5 Å². The SMILES string of the molecule is CC1NNC(C)C1Cc1cc(=O)n2[nH]c(C(F)(F)F)c(-c3ccccc3)c2n1. The Balaban J connectivity index is 1.90. The number of halogens is 3. The molecule has 148 valence electrons. The second kappa shape index (κ2) is 6.75. The molecule has 0 amide bonds. The summed E-state index contributed by atoms with van der Waals surface area (Å²) >= 11 is 0. The maximum atomic E-state index is 13.6. The fourth-order valence-electron chi connectivity index (χ4n) is 3.78. The Bertz CT molecular complexity index is 1050. The van der Waals surface area contributed by atoms with Crippen LogP contribution in [-0.4, -0.2) is 26.7 Å². The van der Waals surface area contributed by atoms with Crippen molar-refractivity contribution >= 4 is 5.65 Å². The molecule has 28 heavy (non-hydrogen) atoms. The number of aromatic nitrogens is 3. The molecular weight excluding hydrogens is 371 g/mol. The molecule has 0 aliphatic carbocycles. The van der Waals surface area contributed by atoms with Gasteiger partial charge >= 0.3 is 6.18 Å². The van der Waals surface area contributed by atoms with Gasteiger partial charge in [-0.05, 0) is 31.7 Å². The quantitative estimate of drug-likeness (QED) is 0.642. The zero-order valence-corrected chi connectivity index (χ0v) is 15.3. The fourth-order valence-corrected chi connectivity index (χ4v) is 3.78. The molecule has 3 N–H and O–H groups in total.